The van der Waals surface area contributed by atoms with Crippen molar-refractivity contribution in [3.8, 4) is 0 Å². The zero-order valence-corrected chi connectivity index (χ0v) is 19.9. The van der Waals surface area contributed by atoms with Crippen LogP contribution in [-0.4, -0.2) is 35.0 Å². The molecule has 0 radical (unpaired) electrons. The minimum atomic E-state index is -2.72. The number of carbonyl (C=O) groups excluding carboxylic acids is 2. The Morgan fingerprint density at radius 1 is 0.618 bits per heavy atom. The van der Waals surface area contributed by atoms with Gasteiger partial charge in [-0.3, -0.25) is 9.59 Å². The van der Waals surface area contributed by atoms with E-state index in [1.54, 1.807) is 11.9 Å². The second-order valence-corrected chi connectivity index (χ2v) is 11.8. The molecule has 4 aromatic rings. The van der Waals surface area contributed by atoms with Crippen LogP contribution in [0.3, 0.4) is 0 Å². The van der Waals surface area contributed by atoms with Crippen LogP contribution < -0.4 is 15.9 Å². The summed E-state index contributed by atoms with van der Waals surface area (Å²) in [6.07, 6.45) is 0.504. The van der Waals surface area contributed by atoms with Gasteiger partial charge in [-0.1, -0.05) is 121 Å². The molecule has 1 aliphatic heterocycles. The Morgan fingerprint density at radius 3 is 1.41 bits per heavy atom. The number of hydrogen-bond donors (Lipinski definition) is 0. The van der Waals surface area contributed by atoms with Crippen LogP contribution in [0.4, 0.5) is 0 Å². The minimum Gasteiger partial charge on any atom is -0.331 e. The predicted molar refractivity (Wildman–Crippen MR) is 142 cm³/mol. The Bertz CT molecular complexity index is 1260. The van der Waals surface area contributed by atoms with Gasteiger partial charge in [0.05, 0.1) is 11.3 Å². The maximum Gasteiger partial charge on any atom is 0.258 e. The predicted octanol–water partition coefficient (Wildman–Crippen LogP) is 3.81. The molecule has 34 heavy (non-hydrogen) atoms. The van der Waals surface area contributed by atoms with Crippen LogP contribution in [0.2, 0.25) is 0 Å². The third-order valence-corrected chi connectivity index (χ3v) is 10.9. The highest BCUT2D eigenvalue weighted by Gasteiger charge is 2.47. The molecule has 1 heterocycles. The van der Waals surface area contributed by atoms with Crippen molar-refractivity contribution >= 4 is 39.8 Å². The molecule has 0 aromatic heterocycles. The Morgan fingerprint density at radius 2 is 1.00 bits per heavy atom. The smallest absolute Gasteiger partial charge is 0.258 e. The molecule has 0 aliphatic carbocycles. The highest BCUT2D eigenvalue weighted by Crippen LogP contribution is 2.48. The maximum atomic E-state index is 14.2. The summed E-state index contributed by atoms with van der Waals surface area (Å²) >= 11 is 0. The van der Waals surface area contributed by atoms with E-state index >= 15 is 0 Å². The summed E-state index contributed by atoms with van der Waals surface area (Å²) < 4.78 is 0. The number of hydrogen-bond acceptors (Lipinski definition) is 2. The molecule has 1 aliphatic rings. The van der Waals surface area contributed by atoms with E-state index in [4.69, 9.17) is 0 Å². The first-order valence-electron chi connectivity index (χ1n) is 11.4. The van der Waals surface area contributed by atoms with E-state index in [2.05, 4.69) is 36.4 Å². The molecular formula is C30H26NO2P. The van der Waals surface area contributed by atoms with E-state index in [1.165, 1.54) is 0 Å². The number of benzene rings is 4. The van der Waals surface area contributed by atoms with Crippen molar-refractivity contribution in [1.82, 2.24) is 4.90 Å². The van der Waals surface area contributed by atoms with Crippen molar-refractivity contribution in [3.63, 3.8) is 0 Å². The standard InChI is InChI=1S/C30H26NO2P/c1-31-27(22-23-14-6-2-7-15-23)28(32)29(30(31)33)34(24-16-8-3-9-17-24,25-18-10-4-11-19-25)26-20-12-5-13-21-26/h2-21,27H,22H2,1H3. The van der Waals surface area contributed by atoms with Crippen LogP contribution in [0.5, 0.6) is 0 Å². The lowest BCUT2D eigenvalue weighted by atomic mass is 10.0. The highest BCUT2D eigenvalue weighted by molar-refractivity contribution is 7.97. The average molecular weight is 464 g/mol. The summed E-state index contributed by atoms with van der Waals surface area (Å²) in [6, 6.07) is 39.6. The molecule has 4 aromatic carbocycles. The van der Waals surface area contributed by atoms with Gasteiger partial charge in [0.2, 0.25) is 0 Å². The topological polar surface area (TPSA) is 37.4 Å². The largest absolute Gasteiger partial charge is 0.331 e. The van der Waals surface area contributed by atoms with Gasteiger partial charge in [0, 0.05) is 13.5 Å². The van der Waals surface area contributed by atoms with Crippen molar-refractivity contribution in [3.05, 3.63) is 127 Å². The van der Waals surface area contributed by atoms with Crippen molar-refractivity contribution in [2.24, 2.45) is 0 Å². The molecule has 168 valence electrons. The van der Waals surface area contributed by atoms with Crippen LogP contribution in [0, 0.1) is 0 Å². The molecule has 1 saturated heterocycles. The molecule has 4 heteroatoms. The van der Waals surface area contributed by atoms with Gasteiger partial charge in [0.15, 0.2) is 5.78 Å². The molecule has 3 nitrogen and oxygen atoms in total. The summed E-state index contributed by atoms with van der Waals surface area (Å²) in [5.41, 5.74) is 1.05. The normalized spacial score (nSPS) is 16.2. The van der Waals surface area contributed by atoms with Gasteiger partial charge >= 0.3 is 0 Å². The van der Waals surface area contributed by atoms with E-state index < -0.39 is 12.9 Å². The zero-order chi connectivity index (χ0) is 23.5. The Balaban J connectivity index is 1.86. The van der Waals surface area contributed by atoms with E-state index in [1.807, 2.05) is 84.9 Å². The van der Waals surface area contributed by atoms with Crippen LogP contribution in [-0.2, 0) is 16.0 Å². The molecular weight excluding hydrogens is 437 g/mol. The highest BCUT2D eigenvalue weighted by atomic mass is 31.2. The SMILES string of the molecule is CN1C(=O)C(=P(c2ccccc2)(c2ccccc2)c2ccccc2)C(=O)C1Cc1ccccc1. The van der Waals surface area contributed by atoms with Crippen LogP contribution in [0.15, 0.2) is 121 Å². The van der Waals surface area contributed by atoms with Gasteiger partial charge in [-0.05, 0) is 28.4 Å². The third-order valence-electron chi connectivity index (χ3n) is 6.56. The fourth-order valence-electron chi connectivity index (χ4n) is 4.91. The Hall–Kier alpha value is -3.68. The lowest BCUT2D eigenvalue weighted by molar-refractivity contribution is -0.124. The number of carbonyl (C=O) groups is 2. The second-order valence-electron chi connectivity index (χ2n) is 8.51. The summed E-state index contributed by atoms with van der Waals surface area (Å²) in [4.78, 5) is 29.9. The lowest BCUT2D eigenvalue weighted by Gasteiger charge is -2.30. The molecule has 1 fully saturated rings. The van der Waals surface area contributed by atoms with E-state index in [-0.39, 0.29) is 11.7 Å². The molecule has 0 bridgehead atoms. The van der Waals surface area contributed by atoms with Gasteiger partial charge in [0.25, 0.3) is 5.91 Å². The van der Waals surface area contributed by atoms with Crippen LogP contribution in [0.1, 0.15) is 5.56 Å². The number of nitrogens with zero attached hydrogens (tertiary/aromatic N) is 1. The quantitative estimate of drug-likeness (QED) is 0.422. The van der Waals surface area contributed by atoms with Crippen molar-refractivity contribution < 1.29 is 9.59 Å². The fraction of sp³-hybridized carbons (Fsp3) is 0.100. The summed E-state index contributed by atoms with van der Waals surface area (Å²) in [5.74, 6) is -0.239. The van der Waals surface area contributed by atoms with Gasteiger partial charge < -0.3 is 4.90 Å². The van der Waals surface area contributed by atoms with Gasteiger partial charge in [-0.2, -0.15) is 0 Å². The van der Waals surface area contributed by atoms with E-state index in [0.717, 1.165) is 21.5 Å². The summed E-state index contributed by atoms with van der Waals surface area (Å²) in [6.45, 7) is -2.72. The molecule has 5 rings (SSSR count). The van der Waals surface area contributed by atoms with Gasteiger partial charge in [-0.15, -0.1) is 0 Å². The molecule has 1 atom stereocenters. The fourth-order valence-corrected chi connectivity index (χ4v) is 9.36. The summed E-state index contributed by atoms with van der Waals surface area (Å²) in [5, 5.41) is 3.45. The van der Waals surface area contributed by atoms with Crippen molar-refractivity contribution in [1.29, 1.82) is 0 Å². The van der Waals surface area contributed by atoms with Gasteiger partial charge in [-0.25, -0.2) is 0 Å². The first-order valence-corrected chi connectivity index (χ1v) is 13.2. The zero-order valence-electron chi connectivity index (χ0n) is 19.0. The number of amides is 1. The van der Waals surface area contributed by atoms with Gasteiger partial charge in [0.1, 0.15) is 0 Å². The molecule has 0 N–H and O–H groups in total. The van der Waals surface area contributed by atoms with Crippen molar-refractivity contribution in [2.45, 2.75) is 12.5 Å². The maximum absolute atomic E-state index is 14.2. The first kappa shape index (κ1) is 22.1. The lowest BCUT2D eigenvalue weighted by Crippen LogP contribution is -2.35. The van der Waals surface area contributed by atoms with E-state index in [9.17, 15) is 9.59 Å². The Kier molecular flexibility index (Phi) is 6.04. The minimum absolute atomic E-state index is 0.0683. The van der Waals surface area contributed by atoms with Crippen LogP contribution >= 0.6 is 6.89 Å². The molecule has 1 unspecified atom stereocenters. The summed E-state index contributed by atoms with van der Waals surface area (Å²) in [7, 11) is 1.76. The average Bonchev–Trinajstić information content (AvgIpc) is 3.11. The number of rotatable bonds is 5. The second kappa shape index (κ2) is 9.29. The number of likely N-dealkylation sites (tertiary alicyclic amines) is 1. The third kappa shape index (κ3) is 3.63. The van der Waals surface area contributed by atoms with Crippen molar-refractivity contribution in [2.75, 3.05) is 7.05 Å². The van der Waals surface area contributed by atoms with E-state index in [0.29, 0.717) is 11.7 Å². The molecule has 1 amide bonds. The molecule has 0 spiro atoms. The Labute approximate surface area is 200 Å². The molecule has 0 saturated carbocycles. The first-order chi connectivity index (χ1) is 16.6. The number of likely N-dealkylation sites (N-methyl/N-ethyl adjacent to an activating group) is 1. The van der Waals surface area contributed by atoms with Crippen LogP contribution in [0.25, 0.3) is 0 Å². The number of ketones is 1. The monoisotopic (exact) mass is 463 g/mol. The number of Topliss-reactive ketones (excluding diaryl/α,β-unsaturated/α-hetero) is 1.